The predicted octanol–water partition coefficient (Wildman–Crippen LogP) is 2.04. The Labute approximate surface area is 90.1 Å². The van der Waals surface area contributed by atoms with Gasteiger partial charge in [-0.3, -0.25) is 0 Å². The van der Waals surface area contributed by atoms with Gasteiger partial charge in [-0.15, -0.1) is 5.10 Å². The van der Waals surface area contributed by atoms with Gasteiger partial charge >= 0.3 is 0 Å². The maximum atomic E-state index is 3.91. The standard InChI is InChI=1S/C9H9BrN4/c1-6-4-3-5-8(9(6)10)14-7(2)11-12-13-14/h3-5H,1-2H3. The monoisotopic (exact) mass is 252 g/mol. The van der Waals surface area contributed by atoms with Crippen molar-refractivity contribution in [1.82, 2.24) is 20.2 Å². The van der Waals surface area contributed by atoms with Crippen molar-refractivity contribution in [1.29, 1.82) is 0 Å². The molecule has 2 rings (SSSR count). The molecule has 4 nitrogen and oxygen atoms in total. The zero-order valence-electron chi connectivity index (χ0n) is 7.90. The van der Waals surface area contributed by atoms with E-state index in [0.717, 1.165) is 21.5 Å². The van der Waals surface area contributed by atoms with E-state index in [0.29, 0.717) is 0 Å². The molecule has 0 bridgehead atoms. The molecule has 0 amide bonds. The first kappa shape index (κ1) is 9.33. The van der Waals surface area contributed by atoms with E-state index in [9.17, 15) is 0 Å². The van der Waals surface area contributed by atoms with Gasteiger partial charge in [-0.1, -0.05) is 12.1 Å². The topological polar surface area (TPSA) is 43.6 Å². The summed E-state index contributed by atoms with van der Waals surface area (Å²) in [5, 5.41) is 11.4. The fraction of sp³-hybridized carbons (Fsp3) is 0.222. The van der Waals surface area contributed by atoms with Gasteiger partial charge < -0.3 is 0 Å². The van der Waals surface area contributed by atoms with Gasteiger partial charge in [0, 0.05) is 4.47 Å². The maximum Gasteiger partial charge on any atom is 0.153 e. The molecule has 0 aliphatic heterocycles. The van der Waals surface area contributed by atoms with E-state index in [1.807, 2.05) is 32.0 Å². The summed E-state index contributed by atoms with van der Waals surface area (Å²) in [5.41, 5.74) is 2.13. The van der Waals surface area contributed by atoms with Crippen LogP contribution in [0.1, 0.15) is 11.4 Å². The van der Waals surface area contributed by atoms with Crippen LogP contribution < -0.4 is 0 Å². The zero-order valence-corrected chi connectivity index (χ0v) is 9.48. The molecule has 1 heterocycles. The Balaban J connectivity index is 2.63. The lowest BCUT2D eigenvalue weighted by molar-refractivity contribution is 0.776. The normalized spacial score (nSPS) is 10.5. The molecule has 5 heteroatoms. The van der Waals surface area contributed by atoms with Crippen molar-refractivity contribution in [3.8, 4) is 5.69 Å². The Morgan fingerprint density at radius 3 is 2.71 bits per heavy atom. The lowest BCUT2D eigenvalue weighted by atomic mass is 10.2. The van der Waals surface area contributed by atoms with Crippen molar-refractivity contribution in [2.75, 3.05) is 0 Å². The second-order valence-electron chi connectivity index (χ2n) is 3.05. The summed E-state index contributed by atoms with van der Waals surface area (Å²) in [4.78, 5) is 0. The van der Waals surface area contributed by atoms with Crippen LogP contribution in [-0.4, -0.2) is 20.2 Å². The predicted molar refractivity (Wildman–Crippen MR) is 56.3 cm³/mol. The number of tetrazole rings is 1. The molecule has 0 N–H and O–H groups in total. The summed E-state index contributed by atoms with van der Waals surface area (Å²) >= 11 is 3.52. The number of hydrogen-bond donors (Lipinski definition) is 0. The number of aromatic nitrogens is 4. The molecule has 1 aromatic heterocycles. The third-order valence-corrected chi connectivity index (χ3v) is 3.06. The van der Waals surface area contributed by atoms with Crippen LogP contribution in [-0.2, 0) is 0 Å². The smallest absolute Gasteiger partial charge is 0.153 e. The van der Waals surface area contributed by atoms with Crippen molar-refractivity contribution in [3.05, 3.63) is 34.1 Å². The molecular formula is C9H9BrN4. The van der Waals surface area contributed by atoms with Gasteiger partial charge in [0.05, 0.1) is 5.69 Å². The lowest BCUT2D eigenvalue weighted by Gasteiger charge is -2.06. The van der Waals surface area contributed by atoms with Gasteiger partial charge in [-0.05, 0) is 51.8 Å². The summed E-state index contributed by atoms with van der Waals surface area (Å²) in [6.45, 7) is 3.90. The Kier molecular flexibility index (Phi) is 2.33. The average molecular weight is 253 g/mol. The van der Waals surface area contributed by atoms with E-state index in [1.165, 1.54) is 0 Å². The zero-order chi connectivity index (χ0) is 10.1. The Morgan fingerprint density at radius 1 is 1.29 bits per heavy atom. The molecule has 0 fully saturated rings. The van der Waals surface area contributed by atoms with Crippen LogP contribution in [0.5, 0.6) is 0 Å². The third kappa shape index (κ3) is 1.43. The molecule has 0 aliphatic rings. The summed E-state index contributed by atoms with van der Waals surface area (Å²) in [6, 6.07) is 5.99. The molecule has 72 valence electrons. The van der Waals surface area contributed by atoms with E-state index in [4.69, 9.17) is 0 Å². The highest BCUT2D eigenvalue weighted by Crippen LogP contribution is 2.24. The largest absolute Gasteiger partial charge is 0.197 e. The van der Waals surface area contributed by atoms with Crippen LogP contribution in [0.3, 0.4) is 0 Å². The highest BCUT2D eigenvalue weighted by molar-refractivity contribution is 9.10. The first-order valence-corrected chi connectivity index (χ1v) is 5.00. The fourth-order valence-corrected chi connectivity index (χ4v) is 1.68. The summed E-state index contributed by atoms with van der Waals surface area (Å²) in [6.07, 6.45) is 0. The highest BCUT2D eigenvalue weighted by atomic mass is 79.9. The van der Waals surface area contributed by atoms with Crippen LogP contribution in [0, 0.1) is 13.8 Å². The Hall–Kier alpha value is -1.23. The second-order valence-corrected chi connectivity index (χ2v) is 3.84. The summed E-state index contributed by atoms with van der Waals surface area (Å²) in [5.74, 6) is 0.774. The summed E-state index contributed by atoms with van der Waals surface area (Å²) < 4.78 is 2.73. The molecule has 0 atom stereocenters. The van der Waals surface area contributed by atoms with Gasteiger partial charge in [-0.2, -0.15) is 4.68 Å². The number of nitrogens with zero attached hydrogens (tertiary/aromatic N) is 4. The molecule has 0 aliphatic carbocycles. The molecule has 1 aromatic carbocycles. The van der Waals surface area contributed by atoms with E-state index in [1.54, 1.807) is 4.68 Å². The number of hydrogen-bond acceptors (Lipinski definition) is 3. The van der Waals surface area contributed by atoms with Crippen LogP contribution in [0.15, 0.2) is 22.7 Å². The number of rotatable bonds is 1. The quantitative estimate of drug-likeness (QED) is 0.781. The van der Waals surface area contributed by atoms with Crippen molar-refractivity contribution in [3.63, 3.8) is 0 Å². The fourth-order valence-electron chi connectivity index (χ4n) is 1.25. The van der Waals surface area contributed by atoms with Crippen LogP contribution in [0.2, 0.25) is 0 Å². The maximum absolute atomic E-state index is 3.91. The van der Waals surface area contributed by atoms with E-state index < -0.39 is 0 Å². The number of halogens is 1. The van der Waals surface area contributed by atoms with Gasteiger partial charge in [-0.25, -0.2) is 0 Å². The molecule has 14 heavy (non-hydrogen) atoms. The van der Waals surface area contributed by atoms with Gasteiger partial charge in [0.2, 0.25) is 0 Å². The van der Waals surface area contributed by atoms with Gasteiger partial charge in [0.25, 0.3) is 0 Å². The molecule has 0 unspecified atom stereocenters. The van der Waals surface area contributed by atoms with E-state index >= 15 is 0 Å². The van der Waals surface area contributed by atoms with Crippen LogP contribution >= 0.6 is 15.9 Å². The Bertz CT molecular complexity index is 464. The van der Waals surface area contributed by atoms with Crippen molar-refractivity contribution in [2.24, 2.45) is 0 Å². The van der Waals surface area contributed by atoms with Crippen molar-refractivity contribution >= 4 is 15.9 Å². The van der Waals surface area contributed by atoms with Crippen LogP contribution in [0.25, 0.3) is 5.69 Å². The van der Waals surface area contributed by atoms with Crippen LogP contribution in [0.4, 0.5) is 0 Å². The van der Waals surface area contributed by atoms with Gasteiger partial charge in [0.1, 0.15) is 0 Å². The molecule has 0 saturated carbocycles. The summed E-state index contributed by atoms with van der Waals surface area (Å²) in [7, 11) is 0. The minimum Gasteiger partial charge on any atom is -0.197 e. The van der Waals surface area contributed by atoms with E-state index in [2.05, 4.69) is 31.5 Å². The minimum atomic E-state index is 0.774. The number of benzene rings is 1. The van der Waals surface area contributed by atoms with E-state index in [-0.39, 0.29) is 0 Å². The molecule has 2 aromatic rings. The SMILES string of the molecule is Cc1cccc(-n2nnnc2C)c1Br. The minimum absolute atomic E-state index is 0.774. The molecule has 0 spiro atoms. The first-order valence-electron chi connectivity index (χ1n) is 4.20. The average Bonchev–Trinajstić information content (AvgIpc) is 2.57. The second kappa shape index (κ2) is 3.49. The lowest BCUT2D eigenvalue weighted by Crippen LogP contribution is -2.01. The Morgan fingerprint density at radius 2 is 2.07 bits per heavy atom. The van der Waals surface area contributed by atoms with Gasteiger partial charge in [0.15, 0.2) is 5.82 Å². The number of aryl methyl sites for hydroxylation is 2. The molecule has 0 radical (unpaired) electrons. The van der Waals surface area contributed by atoms with Crippen molar-refractivity contribution in [2.45, 2.75) is 13.8 Å². The highest BCUT2D eigenvalue weighted by Gasteiger charge is 2.08. The van der Waals surface area contributed by atoms with Crippen molar-refractivity contribution < 1.29 is 0 Å². The third-order valence-electron chi connectivity index (χ3n) is 2.03. The first-order chi connectivity index (χ1) is 6.70. The molecule has 0 saturated heterocycles. The molecular weight excluding hydrogens is 244 g/mol.